The van der Waals surface area contributed by atoms with Crippen LogP contribution in [0.2, 0.25) is 0 Å². The molecule has 0 bridgehead atoms. The van der Waals surface area contributed by atoms with Crippen LogP contribution in [0.4, 0.5) is 4.39 Å². The van der Waals surface area contributed by atoms with Gasteiger partial charge in [0.05, 0.1) is 11.9 Å². The first-order valence-corrected chi connectivity index (χ1v) is 6.50. The fourth-order valence-electron chi connectivity index (χ4n) is 1.93. The average molecular weight is 263 g/mol. The van der Waals surface area contributed by atoms with Crippen molar-refractivity contribution in [1.29, 1.82) is 0 Å². The lowest BCUT2D eigenvalue weighted by Gasteiger charge is -2.03. The highest BCUT2D eigenvalue weighted by Gasteiger charge is 2.09. The van der Waals surface area contributed by atoms with Crippen LogP contribution in [0.25, 0.3) is 5.69 Å². The highest BCUT2D eigenvalue weighted by molar-refractivity contribution is 5.36. The van der Waals surface area contributed by atoms with Crippen molar-refractivity contribution >= 4 is 0 Å². The minimum Gasteiger partial charge on any atom is -0.396 e. The van der Waals surface area contributed by atoms with E-state index in [0.717, 1.165) is 31.4 Å². The number of benzene rings is 1. The molecule has 0 aliphatic carbocycles. The van der Waals surface area contributed by atoms with Crippen molar-refractivity contribution in [3.63, 3.8) is 0 Å². The minimum atomic E-state index is -0.265. The van der Waals surface area contributed by atoms with E-state index in [1.54, 1.807) is 31.3 Å². The molecule has 4 nitrogen and oxygen atoms in total. The maximum absolute atomic E-state index is 13.9. The molecule has 0 amide bonds. The Labute approximate surface area is 111 Å². The number of hydrogen-bond acceptors (Lipinski definition) is 3. The topological polar surface area (TPSA) is 50.9 Å². The number of aryl methyl sites for hydroxylation is 2. The van der Waals surface area contributed by atoms with Gasteiger partial charge in [0.15, 0.2) is 5.82 Å². The van der Waals surface area contributed by atoms with Crippen molar-refractivity contribution in [2.45, 2.75) is 32.6 Å². The van der Waals surface area contributed by atoms with E-state index in [-0.39, 0.29) is 12.4 Å². The number of hydrogen-bond donors (Lipinski definition) is 1. The number of rotatable bonds is 6. The minimum absolute atomic E-state index is 0.223. The molecule has 0 aliphatic rings. The maximum Gasteiger partial charge on any atom is 0.151 e. The zero-order chi connectivity index (χ0) is 13.7. The summed E-state index contributed by atoms with van der Waals surface area (Å²) in [5.41, 5.74) is 1.87. The van der Waals surface area contributed by atoms with Crippen LogP contribution in [0.5, 0.6) is 0 Å². The molecule has 102 valence electrons. The molecular weight excluding hydrogens is 245 g/mol. The van der Waals surface area contributed by atoms with Crippen molar-refractivity contribution in [3.05, 3.63) is 41.5 Å². The van der Waals surface area contributed by atoms with Crippen molar-refractivity contribution in [2.24, 2.45) is 0 Å². The second-order valence-electron chi connectivity index (χ2n) is 4.60. The van der Waals surface area contributed by atoms with E-state index in [1.165, 1.54) is 4.68 Å². The van der Waals surface area contributed by atoms with Gasteiger partial charge >= 0.3 is 0 Å². The average Bonchev–Trinajstić information content (AvgIpc) is 2.87. The lowest BCUT2D eigenvalue weighted by Crippen LogP contribution is -1.99. The second-order valence-corrected chi connectivity index (χ2v) is 4.60. The van der Waals surface area contributed by atoms with Crippen LogP contribution in [0.1, 0.15) is 30.5 Å². The molecule has 0 saturated carbocycles. The Balaban J connectivity index is 2.06. The van der Waals surface area contributed by atoms with Gasteiger partial charge in [-0.2, -0.15) is 0 Å². The molecule has 0 unspecified atom stereocenters. The van der Waals surface area contributed by atoms with Crippen LogP contribution in [-0.4, -0.2) is 26.7 Å². The van der Waals surface area contributed by atoms with Gasteiger partial charge in [-0.1, -0.05) is 23.8 Å². The van der Waals surface area contributed by atoms with Gasteiger partial charge in [-0.25, -0.2) is 9.07 Å². The summed E-state index contributed by atoms with van der Waals surface area (Å²) in [6, 6.07) is 5.22. The first kappa shape index (κ1) is 13.7. The number of aliphatic hydroxyl groups excluding tert-OH is 1. The van der Waals surface area contributed by atoms with Crippen LogP contribution in [0, 0.1) is 12.7 Å². The van der Waals surface area contributed by atoms with Crippen LogP contribution in [-0.2, 0) is 6.42 Å². The molecule has 2 aromatic rings. The second kappa shape index (κ2) is 6.43. The Bertz CT molecular complexity index is 539. The standard InChI is InChI=1S/C14H18FN3O/c1-11-6-5-8-13(14(11)15)18-10-12(16-17-18)7-3-2-4-9-19/h5-6,8,10,19H,2-4,7,9H2,1H3. The Kier molecular flexibility index (Phi) is 4.63. The lowest BCUT2D eigenvalue weighted by molar-refractivity contribution is 0.283. The quantitative estimate of drug-likeness (QED) is 0.814. The SMILES string of the molecule is Cc1cccc(-n2cc(CCCCCO)nn2)c1F. The highest BCUT2D eigenvalue weighted by Crippen LogP contribution is 2.16. The summed E-state index contributed by atoms with van der Waals surface area (Å²) in [5, 5.41) is 16.7. The zero-order valence-corrected chi connectivity index (χ0v) is 11.0. The van der Waals surface area contributed by atoms with Gasteiger partial charge in [0.25, 0.3) is 0 Å². The van der Waals surface area contributed by atoms with Gasteiger partial charge in [-0.15, -0.1) is 5.10 Å². The largest absolute Gasteiger partial charge is 0.396 e. The molecule has 1 heterocycles. The predicted molar refractivity (Wildman–Crippen MR) is 70.7 cm³/mol. The van der Waals surface area contributed by atoms with Gasteiger partial charge in [-0.05, 0) is 37.8 Å². The van der Waals surface area contributed by atoms with Crippen molar-refractivity contribution in [2.75, 3.05) is 6.61 Å². The first-order valence-electron chi connectivity index (χ1n) is 6.50. The van der Waals surface area contributed by atoms with Gasteiger partial charge in [0.1, 0.15) is 5.69 Å². The van der Waals surface area contributed by atoms with Gasteiger partial charge in [-0.3, -0.25) is 0 Å². The summed E-state index contributed by atoms with van der Waals surface area (Å²) in [6.45, 7) is 1.95. The first-order chi connectivity index (χ1) is 9.22. The van der Waals surface area contributed by atoms with E-state index in [2.05, 4.69) is 10.3 Å². The van der Waals surface area contributed by atoms with E-state index in [0.29, 0.717) is 11.3 Å². The van der Waals surface area contributed by atoms with Crippen molar-refractivity contribution < 1.29 is 9.50 Å². The predicted octanol–water partition coefficient (Wildman–Crippen LogP) is 2.42. The smallest absolute Gasteiger partial charge is 0.151 e. The molecule has 0 saturated heterocycles. The number of unbranched alkanes of at least 4 members (excludes halogenated alkanes) is 2. The zero-order valence-electron chi connectivity index (χ0n) is 11.0. The Morgan fingerprint density at radius 1 is 1.26 bits per heavy atom. The molecule has 5 heteroatoms. The molecule has 0 spiro atoms. The number of aromatic nitrogens is 3. The Hall–Kier alpha value is -1.75. The summed E-state index contributed by atoms with van der Waals surface area (Å²) >= 11 is 0. The third-order valence-electron chi connectivity index (χ3n) is 3.05. The molecule has 1 aromatic carbocycles. The summed E-state index contributed by atoms with van der Waals surface area (Å²) < 4.78 is 15.4. The van der Waals surface area contributed by atoms with E-state index < -0.39 is 0 Å². The van der Waals surface area contributed by atoms with E-state index in [1.807, 2.05) is 0 Å². The number of aliphatic hydroxyl groups is 1. The van der Waals surface area contributed by atoms with E-state index >= 15 is 0 Å². The molecule has 0 radical (unpaired) electrons. The van der Waals surface area contributed by atoms with Crippen LogP contribution >= 0.6 is 0 Å². The Morgan fingerprint density at radius 3 is 2.89 bits per heavy atom. The number of nitrogens with zero attached hydrogens (tertiary/aromatic N) is 3. The molecular formula is C14H18FN3O. The monoisotopic (exact) mass is 263 g/mol. The summed E-state index contributed by atoms with van der Waals surface area (Å²) in [4.78, 5) is 0. The number of halogens is 1. The van der Waals surface area contributed by atoms with Crippen LogP contribution in [0.15, 0.2) is 24.4 Å². The normalized spacial score (nSPS) is 10.9. The molecule has 0 atom stereocenters. The lowest BCUT2D eigenvalue weighted by atomic mass is 10.1. The summed E-state index contributed by atoms with van der Waals surface area (Å²) in [6.07, 6.45) is 5.28. The maximum atomic E-state index is 13.9. The molecule has 0 aliphatic heterocycles. The van der Waals surface area contributed by atoms with Crippen molar-refractivity contribution in [3.8, 4) is 5.69 Å². The molecule has 1 N–H and O–H groups in total. The van der Waals surface area contributed by atoms with Gasteiger partial charge in [0, 0.05) is 6.61 Å². The van der Waals surface area contributed by atoms with Gasteiger partial charge < -0.3 is 5.11 Å². The third kappa shape index (κ3) is 3.38. The molecule has 1 aromatic heterocycles. The fraction of sp³-hybridized carbons (Fsp3) is 0.429. The third-order valence-corrected chi connectivity index (χ3v) is 3.05. The summed E-state index contributed by atoms with van der Waals surface area (Å²) in [7, 11) is 0. The van der Waals surface area contributed by atoms with Crippen LogP contribution < -0.4 is 0 Å². The molecule has 19 heavy (non-hydrogen) atoms. The Morgan fingerprint density at radius 2 is 2.11 bits per heavy atom. The van der Waals surface area contributed by atoms with Gasteiger partial charge in [0.2, 0.25) is 0 Å². The van der Waals surface area contributed by atoms with Crippen molar-refractivity contribution in [1.82, 2.24) is 15.0 Å². The molecule has 0 fully saturated rings. The van der Waals surface area contributed by atoms with Crippen LogP contribution in [0.3, 0.4) is 0 Å². The molecule has 2 rings (SSSR count). The summed E-state index contributed by atoms with van der Waals surface area (Å²) in [5.74, 6) is -0.265. The fourth-order valence-corrected chi connectivity index (χ4v) is 1.93. The van der Waals surface area contributed by atoms with E-state index in [4.69, 9.17) is 5.11 Å². The highest BCUT2D eigenvalue weighted by atomic mass is 19.1. The van der Waals surface area contributed by atoms with E-state index in [9.17, 15) is 4.39 Å².